The van der Waals surface area contributed by atoms with Crippen LogP contribution in [-0.2, 0) is 5.41 Å². The summed E-state index contributed by atoms with van der Waals surface area (Å²) in [6, 6.07) is 8.93. The fraction of sp³-hybridized carbons (Fsp3) is 0.250. The zero-order valence-electron chi connectivity index (χ0n) is 12.9. The number of phenolic OH excluding ortho intramolecular Hbond substituents is 1. The Hall–Kier alpha value is -2.47. The van der Waals surface area contributed by atoms with E-state index in [9.17, 15) is 15.2 Å². The fourth-order valence-corrected chi connectivity index (χ4v) is 2.20. The second kappa shape index (κ2) is 6.34. The highest BCUT2D eigenvalue weighted by Crippen LogP contribution is 2.35. The number of hydrogen-bond acceptors (Lipinski definition) is 5. The molecular formula is C16H16ClN3O3. The topological polar surface area (TPSA) is 88.1 Å². The maximum Gasteiger partial charge on any atom is 0.271 e. The van der Waals surface area contributed by atoms with E-state index in [1.54, 1.807) is 18.2 Å². The average Bonchev–Trinajstić information content (AvgIpc) is 2.46. The molecule has 6 nitrogen and oxygen atoms in total. The molecule has 0 amide bonds. The molecule has 0 saturated heterocycles. The molecule has 0 heterocycles. The van der Waals surface area contributed by atoms with Crippen molar-refractivity contribution in [3.63, 3.8) is 0 Å². The van der Waals surface area contributed by atoms with Crippen molar-refractivity contribution >= 4 is 28.7 Å². The van der Waals surface area contributed by atoms with Crippen LogP contribution in [0.4, 0.5) is 17.1 Å². The van der Waals surface area contributed by atoms with Crippen molar-refractivity contribution in [2.45, 2.75) is 26.2 Å². The molecule has 7 heteroatoms. The van der Waals surface area contributed by atoms with Crippen LogP contribution in [0, 0.1) is 10.1 Å². The lowest BCUT2D eigenvalue weighted by Gasteiger charge is -2.20. The molecule has 2 aromatic carbocycles. The van der Waals surface area contributed by atoms with Gasteiger partial charge in [0.15, 0.2) is 0 Å². The van der Waals surface area contributed by atoms with Crippen molar-refractivity contribution in [2.24, 2.45) is 10.2 Å². The van der Waals surface area contributed by atoms with Crippen molar-refractivity contribution in [3.05, 3.63) is 57.1 Å². The number of benzene rings is 2. The van der Waals surface area contributed by atoms with Gasteiger partial charge in [-0.2, -0.15) is 5.11 Å². The van der Waals surface area contributed by atoms with E-state index in [0.717, 1.165) is 5.56 Å². The summed E-state index contributed by atoms with van der Waals surface area (Å²) >= 11 is 5.97. The molecule has 0 aliphatic carbocycles. The summed E-state index contributed by atoms with van der Waals surface area (Å²) in [5.74, 6) is 0.199. The third-order valence-electron chi connectivity index (χ3n) is 3.20. The molecule has 0 spiro atoms. The summed E-state index contributed by atoms with van der Waals surface area (Å²) in [5.41, 5.74) is 1.31. The van der Waals surface area contributed by atoms with E-state index >= 15 is 0 Å². The Morgan fingerprint density at radius 2 is 1.83 bits per heavy atom. The van der Waals surface area contributed by atoms with E-state index in [1.165, 1.54) is 18.2 Å². The maximum absolute atomic E-state index is 10.7. The van der Waals surface area contributed by atoms with Crippen LogP contribution in [0.1, 0.15) is 26.3 Å². The third kappa shape index (κ3) is 4.04. The monoisotopic (exact) mass is 333 g/mol. The standard InChI is InChI=1S/C16H16ClN3O3/c1-16(2,3)12-8-10(4-7-15(12)21)18-19-14-6-5-11(20(22)23)9-13(14)17/h4-9,21H,1-3H3. The maximum atomic E-state index is 10.7. The smallest absolute Gasteiger partial charge is 0.271 e. The minimum Gasteiger partial charge on any atom is -0.508 e. The molecule has 120 valence electrons. The zero-order chi connectivity index (χ0) is 17.2. The number of rotatable bonds is 3. The van der Waals surface area contributed by atoms with Crippen molar-refractivity contribution in [1.82, 2.24) is 0 Å². The average molecular weight is 334 g/mol. The summed E-state index contributed by atoms with van der Waals surface area (Å²) in [6.45, 7) is 5.95. The number of aromatic hydroxyl groups is 1. The van der Waals surface area contributed by atoms with Crippen molar-refractivity contribution in [1.29, 1.82) is 0 Å². The van der Waals surface area contributed by atoms with Gasteiger partial charge in [-0.15, -0.1) is 5.11 Å². The normalized spacial score (nSPS) is 11.8. The molecule has 2 rings (SSSR count). The fourth-order valence-electron chi connectivity index (χ4n) is 1.99. The van der Waals surface area contributed by atoms with Gasteiger partial charge in [0.05, 0.1) is 15.6 Å². The summed E-state index contributed by atoms with van der Waals surface area (Å²) in [7, 11) is 0. The minimum absolute atomic E-state index is 0.103. The number of azo groups is 1. The van der Waals surface area contributed by atoms with Crippen LogP contribution in [0.15, 0.2) is 46.6 Å². The lowest BCUT2D eigenvalue weighted by atomic mass is 9.86. The summed E-state index contributed by atoms with van der Waals surface area (Å²) in [4.78, 5) is 10.2. The summed E-state index contributed by atoms with van der Waals surface area (Å²) in [6.07, 6.45) is 0. The van der Waals surface area contributed by atoms with Crippen LogP contribution in [0.2, 0.25) is 5.02 Å². The lowest BCUT2D eigenvalue weighted by Crippen LogP contribution is -2.10. The van der Waals surface area contributed by atoms with Gasteiger partial charge < -0.3 is 5.11 Å². The number of nitro benzene ring substituents is 1. The number of nitro groups is 1. The van der Waals surface area contributed by atoms with Gasteiger partial charge in [0.1, 0.15) is 11.4 Å². The number of non-ortho nitro benzene ring substituents is 1. The predicted octanol–water partition coefficient (Wildman–Crippen LogP) is 5.67. The molecule has 1 N–H and O–H groups in total. The molecule has 0 radical (unpaired) electrons. The summed E-state index contributed by atoms with van der Waals surface area (Å²) < 4.78 is 0. The van der Waals surface area contributed by atoms with Crippen molar-refractivity contribution in [2.75, 3.05) is 0 Å². The third-order valence-corrected chi connectivity index (χ3v) is 3.51. The van der Waals surface area contributed by atoms with Gasteiger partial charge in [0, 0.05) is 17.7 Å². The molecule has 0 aromatic heterocycles. The molecule has 2 aromatic rings. The first-order chi connectivity index (χ1) is 10.7. The van der Waals surface area contributed by atoms with E-state index in [4.69, 9.17) is 11.6 Å². The van der Waals surface area contributed by atoms with E-state index in [2.05, 4.69) is 10.2 Å². The molecule has 0 unspecified atom stereocenters. The lowest BCUT2D eigenvalue weighted by molar-refractivity contribution is -0.384. The SMILES string of the molecule is CC(C)(C)c1cc(N=Nc2ccc([N+](=O)[O-])cc2Cl)ccc1O. The molecule has 0 saturated carbocycles. The molecular weight excluding hydrogens is 318 g/mol. The molecule has 0 bridgehead atoms. The van der Waals surface area contributed by atoms with E-state index in [-0.39, 0.29) is 21.9 Å². The van der Waals surface area contributed by atoms with Gasteiger partial charge in [-0.05, 0) is 29.7 Å². The molecule has 0 atom stereocenters. The second-order valence-corrected chi connectivity index (χ2v) is 6.45. The molecule has 0 aliphatic rings. The highest BCUT2D eigenvalue weighted by molar-refractivity contribution is 6.33. The Kier molecular flexibility index (Phi) is 4.65. The number of halogens is 1. The highest BCUT2D eigenvalue weighted by Gasteiger charge is 2.18. The number of hydrogen-bond donors (Lipinski definition) is 1. The van der Waals surface area contributed by atoms with Crippen LogP contribution in [-0.4, -0.2) is 10.0 Å². The predicted molar refractivity (Wildman–Crippen MR) is 89.1 cm³/mol. The van der Waals surface area contributed by atoms with E-state index in [1.807, 2.05) is 20.8 Å². The van der Waals surface area contributed by atoms with Crippen LogP contribution < -0.4 is 0 Å². The zero-order valence-corrected chi connectivity index (χ0v) is 13.7. The van der Waals surface area contributed by atoms with Gasteiger partial charge in [-0.3, -0.25) is 10.1 Å². The first-order valence-corrected chi connectivity index (χ1v) is 7.25. The Morgan fingerprint density at radius 1 is 1.13 bits per heavy atom. The van der Waals surface area contributed by atoms with E-state index < -0.39 is 4.92 Å². The number of nitrogens with zero attached hydrogens (tertiary/aromatic N) is 3. The molecule has 0 aliphatic heterocycles. The Morgan fingerprint density at radius 3 is 2.39 bits per heavy atom. The van der Waals surface area contributed by atoms with Crippen LogP contribution in [0.3, 0.4) is 0 Å². The second-order valence-electron chi connectivity index (χ2n) is 6.04. The first kappa shape index (κ1) is 16.9. The Balaban J connectivity index is 2.32. The van der Waals surface area contributed by atoms with Crippen molar-refractivity contribution in [3.8, 4) is 5.75 Å². The van der Waals surface area contributed by atoms with Crippen molar-refractivity contribution < 1.29 is 10.0 Å². The quantitative estimate of drug-likeness (QED) is 0.446. The van der Waals surface area contributed by atoms with Crippen LogP contribution in [0.25, 0.3) is 0 Å². The van der Waals surface area contributed by atoms with Crippen LogP contribution in [0.5, 0.6) is 5.75 Å². The largest absolute Gasteiger partial charge is 0.508 e. The van der Waals surface area contributed by atoms with Gasteiger partial charge in [0.2, 0.25) is 0 Å². The van der Waals surface area contributed by atoms with Gasteiger partial charge in [-0.1, -0.05) is 32.4 Å². The summed E-state index contributed by atoms with van der Waals surface area (Å²) in [5, 5.41) is 28.9. The van der Waals surface area contributed by atoms with Gasteiger partial charge in [0.25, 0.3) is 5.69 Å². The highest BCUT2D eigenvalue weighted by atomic mass is 35.5. The molecule has 0 fully saturated rings. The van der Waals surface area contributed by atoms with E-state index in [0.29, 0.717) is 11.4 Å². The van der Waals surface area contributed by atoms with Gasteiger partial charge >= 0.3 is 0 Å². The van der Waals surface area contributed by atoms with Crippen LogP contribution >= 0.6 is 11.6 Å². The number of phenols is 1. The first-order valence-electron chi connectivity index (χ1n) is 6.87. The minimum atomic E-state index is -0.525. The Bertz CT molecular complexity index is 783. The van der Waals surface area contributed by atoms with Gasteiger partial charge in [-0.25, -0.2) is 0 Å². The Labute approximate surface area is 138 Å². The molecule has 23 heavy (non-hydrogen) atoms.